The number of ether oxygens (including phenoxy) is 1. The summed E-state index contributed by atoms with van der Waals surface area (Å²) >= 11 is 0. The number of hydrogen-bond acceptors (Lipinski definition) is 8. The maximum absolute atomic E-state index is 11.0. The third-order valence-electron chi connectivity index (χ3n) is 6.33. The summed E-state index contributed by atoms with van der Waals surface area (Å²) in [6.07, 6.45) is 1.07. The Hall–Kier alpha value is -2.14. The quantitative estimate of drug-likeness (QED) is 0.443. The molecule has 0 amide bonds. The summed E-state index contributed by atoms with van der Waals surface area (Å²) < 4.78 is 18.0. The average molecular weight is 416 g/mol. The van der Waals surface area contributed by atoms with Crippen LogP contribution in [0.25, 0.3) is 0 Å². The SMILES string of the molecule is CC1(C)OB(c2ccc(CN3CCOC4NC([N+](=O)[O-])=CN4CC3)cc2)OC1(C)C. The van der Waals surface area contributed by atoms with Crippen molar-refractivity contribution in [2.24, 2.45) is 0 Å². The summed E-state index contributed by atoms with van der Waals surface area (Å²) in [5.41, 5.74) is 1.49. The molecule has 0 bridgehead atoms. The fourth-order valence-electron chi connectivity index (χ4n) is 3.73. The first kappa shape index (κ1) is 21.1. The van der Waals surface area contributed by atoms with E-state index in [0.29, 0.717) is 13.2 Å². The normalized spacial score (nSPS) is 25.9. The summed E-state index contributed by atoms with van der Waals surface area (Å²) in [4.78, 5) is 14.7. The average Bonchev–Trinajstić information content (AvgIpc) is 3.15. The van der Waals surface area contributed by atoms with Gasteiger partial charge in [-0.05, 0) is 43.6 Å². The molecular weight excluding hydrogens is 387 g/mol. The third-order valence-corrected chi connectivity index (χ3v) is 6.33. The monoisotopic (exact) mass is 416 g/mol. The molecule has 0 aromatic heterocycles. The van der Waals surface area contributed by atoms with Gasteiger partial charge in [0.2, 0.25) is 0 Å². The molecule has 0 spiro atoms. The second kappa shape index (κ2) is 7.84. The first-order valence-corrected chi connectivity index (χ1v) is 10.3. The van der Waals surface area contributed by atoms with Crippen molar-refractivity contribution in [3.8, 4) is 0 Å². The van der Waals surface area contributed by atoms with Crippen LogP contribution in [0.15, 0.2) is 36.3 Å². The number of nitrogens with zero attached hydrogens (tertiary/aromatic N) is 3. The van der Waals surface area contributed by atoms with Crippen molar-refractivity contribution >= 4 is 12.6 Å². The zero-order valence-electron chi connectivity index (χ0n) is 18.0. The highest BCUT2D eigenvalue weighted by atomic mass is 16.7. The number of rotatable bonds is 4. The van der Waals surface area contributed by atoms with Crippen molar-refractivity contribution < 1.29 is 19.0 Å². The lowest BCUT2D eigenvalue weighted by Crippen LogP contribution is -2.47. The molecule has 1 aromatic rings. The van der Waals surface area contributed by atoms with E-state index < -0.39 is 11.3 Å². The van der Waals surface area contributed by atoms with Crippen LogP contribution in [-0.4, -0.2) is 65.6 Å². The Morgan fingerprint density at radius 1 is 1.13 bits per heavy atom. The van der Waals surface area contributed by atoms with E-state index in [1.807, 2.05) is 4.90 Å². The number of nitrogens with one attached hydrogen (secondary N) is 1. The van der Waals surface area contributed by atoms with Gasteiger partial charge in [-0.25, -0.2) is 5.32 Å². The molecule has 0 aliphatic carbocycles. The van der Waals surface area contributed by atoms with Crippen molar-refractivity contribution in [1.82, 2.24) is 15.1 Å². The smallest absolute Gasteiger partial charge is 0.399 e. The molecular formula is C20H29BN4O5. The number of fused-ring (bicyclic) bond motifs is 1. The fraction of sp³-hybridized carbons (Fsp3) is 0.600. The summed E-state index contributed by atoms with van der Waals surface area (Å²) in [7, 11) is -0.360. The maximum atomic E-state index is 11.0. The molecule has 9 nitrogen and oxygen atoms in total. The molecule has 162 valence electrons. The Morgan fingerprint density at radius 3 is 2.43 bits per heavy atom. The van der Waals surface area contributed by atoms with Gasteiger partial charge in [0, 0.05) is 26.2 Å². The highest BCUT2D eigenvalue weighted by molar-refractivity contribution is 6.62. The van der Waals surface area contributed by atoms with Gasteiger partial charge in [0.05, 0.1) is 24.0 Å². The number of nitro groups is 1. The van der Waals surface area contributed by atoms with Crippen LogP contribution in [-0.2, 0) is 20.6 Å². The molecule has 3 aliphatic heterocycles. The second-order valence-electron chi connectivity index (χ2n) is 8.98. The third kappa shape index (κ3) is 4.18. The molecule has 1 unspecified atom stereocenters. The lowest BCUT2D eigenvalue weighted by atomic mass is 9.79. The van der Waals surface area contributed by atoms with E-state index in [2.05, 4.69) is 62.2 Å². The van der Waals surface area contributed by atoms with Gasteiger partial charge in [0.25, 0.3) is 6.35 Å². The van der Waals surface area contributed by atoms with Crippen molar-refractivity contribution in [1.29, 1.82) is 0 Å². The van der Waals surface area contributed by atoms with Crippen molar-refractivity contribution in [2.45, 2.75) is 51.8 Å². The zero-order valence-corrected chi connectivity index (χ0v) is 18.0. The maximum Gasteiger partial charge on any atom is 0.494 e. The fourth-order valence-corrected chi connectivity index (χ4v) is 3.73. The Labute approximate surface area is 177 Å². The van der Waals surface area contributed by atoms with Crippen molar-refractivity contribution in [3.05, 3.63) is 52.0 Å². The molecule has 10 heteroatoms. The summed E-state index contributed by atoms with van der Waals surface area (Å²) in [5, 5.41) is 13.8. The van der Waals surface area contributed by atoms with Crippen molar-refractivity contribution in [3.63, 3.8) is 0 Å². The van der Waals surface area contributed by atoms with Crippen LogP contribution in [0.3, 0.4) is 0 Å². The Kier molecular flexibility index (Phi) is 5.52. The first-order valence-electron chi connectivity index (χ1n) is 10.3. The lowest BCUT2D eigenvalue weighted by Gasteiger charge is -2.32. The highest BCUT2D eigenvalue weighted by Gasteiger charge is 2.51. The molecule has 0 radical (unpaired) electrons. The van der Waals surface area contributed by atoms with E-state index in [1.54, 1.807) is 0 Å². The predicted molar refractivity (Wildman–Crippen MR) is 112 cm³/mol. The highest BCUT2D eigenvalue weighted by Crippen LogP contribution is 2.36. The summed E-state index contributed by atoms with van der Waals surface area (Å²) in [6.45, 7) is 11.7. The van der Waals surface area contributed by atoms with Gasteiger partial charge in [-0.1, -0.05) is 24.3 Å². The van der Waals surface area contributed by atoms with E-state index in [4.69, 9.17) is 14.0 Å². The summed E-state index contributed by atoms with van der Waals surface area (Å²) in [5.74, 6) is -0.0215. The van der Waals surface area contributed by atoms with E-state index in [0.717, 1.165) is 25.1 Å². The molecule has 4 rings (SSSR count). The van der Waals surface area contributed by atoms with E-state index >= 15 is 0 Å². The zero-order chi connectivity index (χ0) is 21.5. The minimum Gasteiger partial charge on any atom is -0.399 e. The van der Waals surface area contributed by atoms with Gasteiger partial charge >= 0.3 is 12.9 Å². The van der Waals surface area contributed by atoms with Crippen LogP contribution in [0.5, 0.6) is 0 Å². The number of hydrogen-bond donors (Lipinski definition) is 1. The lowest BCUT2D eigenvalue weighted by molar-refractivity contribution is -0.432. The molecule has 0 saturated carbocycles. The standard InChI is InChI=1S/C20H29BN4O5/c1-19(2)20(3,4)30-21(29-19)16-7-5-15(6-8-16)13-23-9-10-24-14-17(25(26)27)22-18(24)28-12-11-23/h5-8,14,18,22H,9-13H2,1-4H3. The predicted octanol–water partition coefficient (Wildman–Crippen LogP) is 1.08. The minimum atomic E-state index is -0.452. The van der Waals surface area contributed by atoms with Gasteiger partial charge in [-0.2, -0.15) is 0 Å². The van der Waals surface area contributed by atoms with Crippen LogP contribution in [0.4, 0.5) is 0 Å². The molecule has 2 saturated heterocycles. The van der Waals surface area contributed by atoms with Crippen LogP contribution in [0, 0.1) is 10.1 Å². The van der Waals surface area contributed by atoms with Crippen LogP contribution in [0.1, 0.15) is 33.3 Å². The molecule has 3 heterocycles. The van der Waals surface area contributed by atoms with Gasteiger partial charge in [-0.3, -0.25) is 4.90 Å². The Morgan fingerprint density at radius 2 is 1.80 bits per heavy atom. The molecule has 1 N–H and O–H groups in total. The van der Waals surface area contributed by atoms with Gasteiger partial charge in [-0.15, -0.1) is 0 Å². The van der Waals surface area contributed by atoms with Crippen LogP contribution < -0.4 is 10.8 Å². The minimum absolute atomic E-state index is 0.0215. The molecule has 1 aromatic carbocycles. The van der Waals surface area contributed by atoms with E-state index in [9.17, 15) is 10.1 Å². The Bertz CT molecular complexity index is 813. The Balaban J connectivity index is 1.35. The second-order valence-corrected chi connectivity index (χ2v) is 8.98. The number of benzene rings is 1. The van der Waals surface area contributed by atoms with E-state index in [-0.39, 0.29) is 24.1 Å². The molecule has 3 aliphatic rings. The van der Waals surface area contributed by atoms with Gasteiger partial charge < -0.3 is 29.1 Å². The first-order chi connectivity index (χ1) is 14.1. The van der Waals surface area contributed by atoms with Crippen LogP contribution in [0.2, 0.25) is 0 Å². The molecule has 1 atom stereocenters. The molecule has 2 fully saturated rings. The molecule has 30 heavy (non-hydrogen) atoms. The van der Waals surface area contributed by atoms with Gasteiger partial charge in [0.1, 0.15) is 0 Å². The van der Waals surface area contributed by atoms with Gasteiger partial charge in [0.15, 0.2) is 0 Å². The topological polar surface area (TPSA) is 89.3 Å². The van der Waals surface area contributed by atoms with Crippen LogP contribution >= 0.6 is 0 Å². The van der Waals surface area contributed by atoms with E-state index in [1.165, 1.54) is 11.8 Å². The summed E-state index contributed by atoms with van der Waals surface area (Å²) in [6, 6.07) is 8.32. The largest absolute Gasteiger partial charge is 0.494 e. The van der Waals surface area contributed by atoms with Crippen molar-refractivity contribution in [2.75, 3.05) is 26.2 Å².